The minimum Gasteiger partial charge on any atom is -0.465 e. The Hall–Kier alpha value is -2.16. The van der Waals surface area contributed by atoms with Gasteiger partial charge in [0.1, 0.15) is 16.3 Å². The monoisotopic (exact) mass is 375 g/mol. The number of rotatable bonds is 5. The first kappa shape index (κ1) is 20.9. The molecule has 1 amide bonds. The van der Waals surface area contributed by atoms with Crippen LogP contribution in [0.5, 0.6) is 0 Å². The zero-order valence-electron chi connectivity index (χ0n) is 14.8. The molecule has 0 aromatic heterocycles. The van der Waals surface area contributed by atoms with Gasteiger partial charge in [-0.05, 0) is 39.8 Å². The summed E-state index contributed by atoms with van der Waals surface area (Å²) in [6.45, 7) is 6.06. The van der Waals surface area contributed by atoms with E-state index in [0.717, 1.165) is 13.2 Å². The van der Waals surface area contributed by atoms with Crippen molar-refractivity contribution in [3.63, 3.8) is 0 Å². The molecule has 0 unspecified atom stereocenters. The van der Waals surface area contributed by atoms with Crippen LogP contribution in [0.1, 0.15) is 36.7 Å². The van der Waals surface area contributed by atoms with E-state index in [1.807, 2.05) is 0 Å². The molecule has 0 saturated heterocycles. The van der Waals surface area contributed by atoms with Crippen LogP contribution in [0.4, 0.5) is 9.18 Å². The number of hydrogen-bond donors (Lipinski definition) is 1. The molecule has 0 fully saturated rings. The zero-order chi connectivity index (χ0) is 19.4. The van der Waals surface area contributed by atoms with Gasteiger partial charge in [-0.2, -0.15) is 0 Å². The number of hydrogen-bond acceptors (Lipinski definition) is 6. The fourth-order valence-corrected chi connectivity index (χ4v) is 3.24. The third kappa shape index (κ3) is 5.70. The second-order valence-corrected chi connectivity index (χ2v) is 8.37. The summed E-state index contributed by atoms with van der Waals surface area (Å²) in [7, 11) is -2.85. The van der Waals surface area contributed by atoms with Crippen LogP contribution in [0.2, 0.25) is 0 Å². The first-order valence-corrected chi connectivity index (χ1v) is 9.11. The Balaban J connectivity index is 2.88. The third-order valence-corrected chi connectivity index (χ3v) is 4.86. The average molecular weight is 375 g/mol. The van der Waals surface area contributed by atoms with E-state index < -0.39 is 44.0 Å². The van der Waals surface area contributed by atoms with Crippen molar-refractivity contribution in [1.82, 2.24) is 5.32 Å². The number of carbonyl (C=O) groups excluding carboxylic acids is 2. The summed E-state index contributed by atoms with van der Waals surface area (Å²) in [6.07, 6.45) is -0.764. The predicted octanol–water partition coefficient (Wildman–Crippen LogP) is 2.22. The Morgan fingerprint density at radius 1 is 1.24 bits per heavy atom. The Bertz CT molecular complexity index is 768. The standard InChI is InChI=1S/C16H22FNO6S/c1-10-11(14(19)23-5)6-7-12(13(10)17)25(21,22)9-8-18-15(20)24-16(2,3)4/h6-7H,8-9H2,1-5H3,(H,18,20). The summed E-state index contributed by atoms with van der Waals surface area (Å²) in [4.78, 5) is 22.5. The van der Waals surface area contributed by atoms with Crippen LogP contribution in [-0.2, 0) is 19.3 Å². The molecule has 0 atom stereocenters. The highest BCUT2D eigenvalue weighted by Crippen LogP contribution is 2.22. The summed E-state index contributed by atoms with van der Waals surface area (Å²) in [6, 6.07) is 2.20. The number of nitrogens with one attached hydrogen (secondary N) is 1. The smallest absolute Gasteiger partial charge is 0.407 e. The summed E-state index contributed by atoms with van der Waals surface area (Å²) in [5, 5.41) is 2.30. The van der Waals surface area contributed by atoms with Crippen LogP contribution in [0.3, 0.4) is 0 Å². The average Bonchev–Trinajstić information content (AvgIpc) is 2.46. The van der Waals surface area contributed by atoms with Gasteiger partial charge in [-0.1, -0.05) is 0 Å². The summed E-state index contributed by atoms with van der Waals surface area (Å²) < 4.78 is 48.4. The van der Waals surface area contributed by atoms with Crippen LogP contribution < -0.4 is 5.32 Å². The maximum Gasteiger partial charge on any atom is 0.407 e. The van der Waals surface area contributed by atoms with Gasteiger partial charge in [0.15, 0.2) is 9.84 Å². The zero-order valence-corrected chi connectivity index (χ0v) is 15.6. The minimum atomic E-state index is -4.00. The Morgan fingerprint density at radius 3 is 2.36 bits per heavy atom. The van der Waals surface area contributed by atoms with Gasteiger partial charge in [0.25, 0.3) is 0 Å². The van der Waals surface area contributed by atoms with Crippen LogP contribution in [0.15, 0.2) is 17.0 Å². The van der Waals surface area contributed by atoms with Crippen LogP contribution >= 0.6 is 0 Å². The fraction of sp³-hybridized carbons (Fsp3) is 0.500. The molecule has 0 saturated carbocycles. The Morgan fingerprint density at radius 2 is 1.84 bits per heavy atom. The molecular formula is C16H22FNO6S. The number of halogens is 1. The SMILES string of the molecule is COC(=O)c1ccc(S(=O)(=O)CCNC(=O)OC(C)(C)C)c(F)c1C. The highest BCUT2D eigenvalue weighted by Gasteiger charge is 2.24. The van der Waals surface area contributed by atoms with Gasteiger partial charge in [0, 0.05) is 12.1 Å². The molecule has 1 aromatic carbocycles. The van der Waals surface area contributed by atoms with Gasteiger partial charge in [-0.3, -0.25) is 0 Å². The molecule has 0 heterocycles. The van der Waals surface area contributed by atoms with Crippen LogP contribution in [-0.4, -0.2) is 45.5 Å². The number of alkyl carbamates (subject to hydrolysis) is 1. The number of carbonyl (C=O) groups is 2. The molecular weight excluding hydrogens is 353 g/mol. The van der Waals surface area contributed by atoms with Gasteiger partial charge in [-0.25, -0.2) is 22.4 Å². The molecule has 9 heteroatoms. The van der Waals surface area contributed by atoms with E-state index in [-0.39, 0.29) is 17.7 Å². The lowest BCUT2D eigenvalue weighted by molar-refractivity contribution is 0.0530. The topological polar surface area (TPSA) is 98.8 Å². The van der Waals surface area contributed by atoms with E-state index in [0.29, 0.717) is 0 Å². The molecule has 0 aliphatic rings. The molecule has 7 nitrogen and oxygen atoms in total. The lowest BCUT2D eigenvalue weighted by Crippen LogP contribution is -2.35. The number of sulfone groups is 1. The van der Waals surface area contributed by atoms with E-state index in [1.54, 1.807) is 20.8 Å². The van der Waals surface area contributed by atoms with Gasteiger partial charge in [-0.15, -0.1) is 0 Å². The van der Waals surface area contributed by atoms with E-state index >= 15 is 0 Å². The lowest BCUT2D eigenvalue weighted by Gasteiger charge is -2.19. The number of benzene rings is 1. The second kappa shape index (κ2) is 7.81. The molecule has 1 aromatic rings. The van der Waals surface area contributed by atoms with Crippen LogP contribution in [0.25, 0.3) is 0 Å². The molecule has 140 valence electrons. The summed E-state index contributed by atoms with van der Waals surface area (Å²) in [5.74, 6) is -2.28. The quantitative estimate of drug-likeness (QED) is 0.793. The molecule has 1 N–H and O–H groups in total. The van der Waals surface area contributed by atoms with E-state index in [2.05, 4.69) is 10.1 Å². The van der Waals surface area contributed by atoms with Crippen LogP contribution in [0, 0.1) is 12.7 Å². The second-order valence-electron chi connectivity index (χ2n) is 6.29. The van der Waals surface area contributed by atoms with Gasteiger partial charge in [0.2, 0.25) is 0 Å². The number of ether oxygens (including phenoxy) is 2. The van der Waals surface area contributed by atoms with Crippen molar-refractivity contribution in [2.75, 3.05) is 19.4 Å². The van der Waals surface area contributed by atoms with Crippen molar-refractivity contribution in [2.45, 2.75) is 38.2 Å². The van der Waals surface area contributed by atoms with Crippen molar-refractivity contribution in [3.8, 4) is 0 Å². The maximum atomic E-state index is 14.4. The molecule has 0 aliphatic heterocycles. The predicted molar refractivity (Wildman–Crippen MR) is 88.8 cm³/mol. The number of esters is 1. The third-order valence-electron chi connectivity index (χ3n) is 3.13. The van der Waals surface area contributed by atoms with Crippen molar-refractivity contribution in [1.29, 1.82) is 0 Å². The first-order chi connectivity index (χ1) is 11.4. The number of amides is 1. The minimum absolute atomic E-state index is 0.0502. The van der Waals surface area contributed by atoms with Gasteiger partial charge in [0.05, 0.1) is 18.4 Å². The highest BCUT2D eigenvalue weighted by atomic mass is 32.2. The molecule has 0 spiro atoms. The highest BCUT2D eigenvalue weighted by molar-refractivity contribution is 7.91. The normalized spacial score (nSPS) is 11.8. The number of methoxy groups -OCH3 is 1. The Labute approximate surface area is 146 Å². The van der Waals surface area contributed by atoms with Gasteiger partial charge < -0.3 is 14.8 Å². The molecule has 25 heavy (non-hydrogen) atoms. The first-order valence-electron chi connectivity index (χ1n) is 7.46. The maximum absolute atomic E-state index is 14.4. The van der Waals surface area contributed by atoms with Crippen molar-refractivity contribution in [2.24, 2.45) is 0 Å². The summed E-state index contributed by atoms with van der Waals surface area (Å²) >= 11 is 0. The van der Waals surface area contributed by atoms with Crippen molar-refractivity contribution < 1.29 is 31.9 Å². The van der Waals surface area contributed by atoms with E-state index in [1.165, 1.54) is 13.0 Å². The molecule has 1 rings (SSSR count). The van der Waals surface area contributed by atoms with Crippen molar-refractivity contribution in [3.05, 3.63) is 29.1 Å². The molecule has 0 aliphatic carbocycles. The van der Waals surface area contributed by atoms with Gasteiger partial charge >= 0.3 is 12.1 Å². The lowest BCUT2D eigenvalue weighted by atomic mass is 10.1. The van der Waals surface area contributed by atoms with Crippen molar-refractivity contribution >= 4 is 21.9 Å². The fourth-order valence-electron chi connectivity index (χ4n) is 1.94. The summed E-state index contributed by atoms with van der Waals surface area (Å²) in [5.41, 5.74) is -0.880. The molecule has 0 bridgehead atoms. The molecule has 0 radical (unpaired) electrons. The van der Waals surface area contributed by atoms with E-state index in [9.17, 15) is 22.4 Å². The Kier molecular flexibility index (Phi) is 6.53. The largest absolute Gasteiger partial charge is 0.465 e. The van der Waals surface area contributed by atoms with E-state index in [4.69, 9.17) is 4.74 Å².